The number of para-hydroxylation sites is 1. The first-order chi connectivity index (χ1) is 10.0. The molecule has 0 radical (unpaired) electrons. The Morgan fingerprint density at radius 1 is 1.43 bits per heavy atom. The summed E-state index contributed by atoms with van der Waals surface area (Å²) in [4.78, 5) is 12.0. The van der Waals surface area contributed by atoms with Gasteiger partial charge >= 0.3 is 0 Å². The van der Waals surface area contributed by atoms with Crippen LogP contribution in [-0.2, 0) is 11.2 Å². The van der Waals surface area contributed by atoms with Crippen LogP contribution < -0.4 is 10.6 Å². The van der Waals surface area contributed by atoms with E-state index in [-0.39, 0.29) is 17.5 Å². The van der Waals surface area contributed by atoms with Crippen LogP contribution >= 0.6 is 0 Å². The fourth-order valence-corrected chi connectivity index (χ4v) is 1.93. The van der Waals surface area contributed by atoms with Crippen LogP contribution in [0, 0.1) is 18.3 Å². The zero-order valence-corrected chi connectivity index (χ0v) is 13.2. The first kappa shape index (κ1) is 16.8. The van der Waals surface area contributed by atoms with Crippen LogP contribution in [-0.4, -0.2) is 11.9 Å². The summed E-state index contributed by atoms with van der Waals surface area (Å²) in [5, 5.41) is 15.0. The maximum atomic E-state index is 12.0. The summed E-state index contributed by atoms with van der Waals surface area (Å²) in [5.74, 6) is -0.342. The molecule has 112 valence electrons. The maximum absolute atomic E-state index is 12.0. The molecule has 0 fully saturated rings. The molecule has 0 heterocycles. The molecule has 2 N–H and O–H groups in total. The number of carbonyl (C=O) groups is 1. The Labute approximate surface area is 126 Å². The molecular weight excluding hydrogens is 262 g/mol. The number of nitrogens with zero attached hydrogens (tertiary/aromatic N) is 1. The highest BCUT2D eigenvalue weighted by Gasteiger charge is 2.11. The number of amides is 1. The molecule has 1 amide bonds. The highest BCUT2D eigenvalue weighted by Crippen LogP contribution is 2.21. The zero-order chi connectivity index (χ0) is 15.8. The molecule has 0 spiro atoms. The lowest BCUT2D eigenvalue weighted by Crippen LogP contribution is -2.33. The lowest BCUT2D eigenvalue weighted by molar-refractivity contribution is -0.117. The molecular formula is C17H23N3O. The van der Waals surface area contributed by atoms with Gasteiger partial charge in [-0.25, -0.2) is 0 Å². The monoisotopic (exact) mass is 285 g/mol. The largest absolute Gasteiger partial charge is 0.360 e. The van der Waals surface area contributed by atoms with Crippen LogP contribution in [0.1, 0.15) is 38.3 Å². The number of hydrogen-bond acceptors (Lipinski definition) is 3. The van der Waals surface area contributed by atoms with E-state index >= 15 is 0 Å². The number of rotatable bonds is 6. The minimum absolute atomic E-state index is 0.0546. The summed E-state index contributed by atoms with van der Waals surface area (Å²) in [5.41, 5.74) is 3.29. The van der Waals surface area contributed by atoms with E-state index in [2.05, 4.69) is 17.6 Å². The van der Waals surface area contributed by atoms with Gasteiger partial charge in [-0.2, -0.15) is 5.26 Å². The van der Waals surface area contributed by atoms with Gasteiger partial charge in [0, 0.05) is 17.9 Å². The van der Waals surface area contributed by atoms with Gasteiger partial charge in [0.05, 0.1) is 0 Å². The SMILES string of the molecule is CCc1cccc(C)c1N/C=C(/C#N)C(=O)NC(C)CC. The normalized spacial score (nSPS) is 12.4. The first-order valence-corrected chi connectivity index (χ1v) is 7.29. The third-order valence-electron chi connectivity index (χ3n) is 3.46. The van der Waals surface area contributed by atoms with Crippen LogP contribution in [0.15, 0.2) is 30.0 Å². The van der Waals surface area contributed by atoms with Gasteiger partial charge in [-0.15, -0.1) is 0 Å². The van der Waals surface area contributed by atoms with E-state index in [1.54, 1.807) is 0 Å². The van der Waals surface area contributed by atoms with Crippen molar-refractivity contribution in [3.05, 3.63) is 41.1 Å². The molecule has 0 saturated carbocycles. The molecule has 1 rings (SSSR count). The van der Waals surface area contributed by atoms with Crippen molar-refractivity contribution in [1.29, 1.82) is 5.26 Å². The van der Waals surface area contributed by atoms with E-state index in [9.17, 15) is 4.79 Å². The van der Waals surface area contributed by atoms with Crippen molar-refractivity contribution in [2.75, 3.05) is 5.32 Å². The molecule has 1 aromatic carbocycles. The molecule has 0 aromatic heterocycles. The summed E-state index contributed by atoms with van der Waals surface area (Å²) in [6, 6.07) is 8.04. The van der Waals surface area contributed by atoms with Crippen LogP contribution in [0.25, 0.3) is 0 Å². The molecule has 1 atom stereocenters. The van der Waals surface area contributed by atoms with E-state index < -0.39 is 0 Å². The van der Waals surface area contributed by atoms with Crippen molar-refractivity contribution in [3.63, 3.8) is 0 Å². The van der Waals surface area contributed by atoms with Crippen LogP contribution in [0.4, 0.5) is 5.69 Å². The Balaban J connectivity index is 2.92. The Hall–Kier alpha value is -2.28. The van der Waals surface area contributed by atoms with Crippen molar-refractivity contribution in [3.8, 4) is 6.07 Å². The second kappa shape index (κ2) is 8.11. The second-order valence-corrected chi connectivity index (χ2v) is 5.06. The Bertz CT molecular complexity index is 570. The van der Waals surface area contributed by atoms with Gasteiger partial charge in [0.1, 0.15) is 11.6 Å². The van der Waals surface area contributed by atoms with Gasteiger partial charge in [-0.05, 0) is 37.8 Å². The molecule has 1 unspecified atom stereocenters. The van der Waals surface area contributed by atoms with Crippen molar-refractivity contribution in [1.82, 2.24) is 5.32 Å². The predicted molar refractivity (Wildman–Crippen MR) is 85.8 cm³/mol. The number of nitrogens with one attached hydrogen (secondary N) is 2. The summed E-state index contributed by atoms with van der Waals surface area (Å²) in [7, 11) is 0. The Kier molecular flexibility index (Phi) is 6.48. The molecule has 0 bridgehead atoms. The van der Waals surface area contributed by atoms with E-state index in [1.165, 1.54) is 6.20 Å². The van der Waals surface area contributed by atoms with Crippen LogP contribution in [0.3, 0.4) is 0 Å². The minimum atomic E-state index is -0.342. The maximum Gasteiger partial charge on any atom is 0.263 e. The molecule has 4 nitrogen and oxygen atoms in total. The summed E-state index contributed by atoms with van der Waals surface area (Å²) < 4.78 is 0. The molecule has 0 aliphatic rings. The van der Waals surface area contributed by atoms with Gasteiger partial charge < -0.3 is 10.6 Å². The van der Waals surface area contributed by atoms with Crippen LogP contribution in [0.2, 0.25) is 0 Å². The fourth-order valence-electron chi connectivity index (χ4n) is 1.93. The highest BCUT2D eigenvalue weighted by atomic mass is 16.1. The van der Waals surface area contributed by atoms with Gasteiger partial charge in [0.2, 0.25) is 0 Å². The number of benzene rings is 1. The van der Waals surface area contributed by atoms with Crippen molar-refractivity contribution in [2.45, 2.75) is 46.6 Å². The minimum Gasteiger partial charge on any atom is -0.360 e. The van der Waals surface area contributed by atoms with Gasteiger partial charge in [-0.3, -0.25) is 4.79 Å². The average Bonchev–Trinajstić information content (AvgIpc) is 2.48. The molecule has 0 saturated heterocycles. The van der Waals surface area contributed by atoms with E-state index in [0.29, 0.717) is 0 Å². The molecule has 0 aliphatic heterocycles. The third-order valence-corrected chi connectivity index (χ3v) is 3.46. The number of carbonyl (C=O) groups excluding carboxylic acids is 1. The molecule has 21 heavy (non-hydrogen) atoms. The standard InChI is InChI=1S/C17H23N3O/c1-5-13(4)20-17(21)15(10-18)11-19-16-12(3)8-7-9-14(16)6-2/h7-9,11,13,19H,5-6H2,1-4H3,(H,20,21)/b15-11-. The van der Waals surface area contributed by atoms with E-state index in [1.807, 2.05) is 45.0 Å². The van der Waals surface area contributed by atoms with Crippen molar-refractivity contribution in [2.24, 2.45) is 0 Å². The lowest BCUT2D eigenvalue weighted by Gasteiger charge is -2.13. The number of hydrogen-bond donors (Lipinski definition) is 2. The number of anilines is 1. The zero-order valence-electron chi connectivity index (χ0n) is 13.2. The molecule has 4 heteroatoms. The number of nitriles is 1. The van der Waals surface area contributed by atoms with Crippen molar-refractivity contribution >= 4 is 11.6 Å². The lowest BCUT2D eigenvalue weighted by atomic mass is 10.1. The summed E-state index contributed by atoms with van der Waals surface area (Å²) >= 11 is 0. The van der Waals surface area contributed by atoms with Gasteiger partial charge in [-0.1, -0.05) is 32.0 Å². The highest BCUT2D eigenvalue weighted by molar-refractivity contribution is 5.97. The Morgan fingerprint density at radius 2 is 2.14 bits per heavy atom. The summed E-state index contributed by atoms with van der Waals surface area (Å²) in [6.45, 7) is 7.97. The third kappa shape index (κ3) is 4.64. The van der Waals surface area contributed by atoms with E-state index in [4.69, 9.17) is 5.26 Å². The smallest absolute Gasteiger partial charge is 0.263 e. The second-order valence-electron chi connectivity index (χ2n) is 5.06. The van der Waals surface area contributed by atoms with Crippen LogP contribution in [0.5, 0.6) is 0 Å². The van der Waals surface area contributed by atoms with Gasteiger partial charge in [0.25, 0.3) is 5.91 Å². The van der Waals surface area contributed by atoms with Crippen molar-refractivity contribution < 1.29 is 4.79 Å². The van der Waals surface area contributed by atoms with Gasteiger partial charge in [0.15, 0.2) is 0 Å². The Morgan fingerprint density at radius 3 is 2.71 bits per heavy atom. The summed E-state index contributed by atoms with van der Waals surface area (Å²) in [6.07, 6.45) is 3.20. The molecule has 1 aromatic rings. The predicted octanol–water partition coefficient (Wildman–Crippen LogP) is 3.29. The quantitative estimate of drug-likeness (QED) is 0.622. The first-order valence-electron chi connectivity index (χ1n) is 7.29. The molecule has 0 aliphatic carbocycles. The average molecular weight is 285 g/mol. The number of aryl methyl sites for hydroxylation is 2. The fraction of sp³-hybridized carbons (Fsp3) is 0.412. The van der Waals surface area contributed by atoms with E-state index in [0.717, 1.165) is 29.7 Å². The topological polar surface area (TPSA) is 64.9 Å².